The molecule has 0 aliphatic carbocycles. The van der Waals surface area contributed by atoms with Gasteiger partial charge in [-0.25, -0.2) is 4.79 Å². The van der Waals surface area contributed by atoms with Crippen molar-refractivity contribution in [2.75, 3.05) is 11.6 Å². The Morgan fingerprint density at radius 1 is 1.26 bits per heavy atom. The van der Waals surface area contributed by atoms with Crippen molar-refractivity contribution in [3.8, 4) is 11.5 Å². The standard InChI is InChI=1S/C20H18N2O5/c1-3-27-18-10-13(7-8-17(18)23)9-16-12(2)21-22(19(16)24)15-6-4-5-14(11-15)20(25)26/h4-11,23H,3H2,1-2H3,(H,25,26)/b16-9-. The molecule has 1 heterocycles. The van der Waals surface area contributed by atoms with Gasteiger partial charge < -0.3 is 14.9 Å². The van der Waals surface area contributed by atoms with Gasteiger partial charge in [0.1, 0.15) is 0 Å². The molecular formula is C20H18N2O5. The van der Waals surface area contributed by atoms with Crippen molar-refractivity contribution in [1.29, 1.82) is 0 Å². The maximum atomic E-state index is 12.8. The van der Waals surface area contributed by atoms with Crippen LogP contribution in [-0.4, -0.2) is 34.4 Å². The van der Waals surface area contributed by atoms with E-state index >= 15 is 0 Å². The summed E-state index contributed by atoms with van der Waals surface area (Å²) in [6.07, 6.45) is 1.66. The highest BCUT2D eigenvalue weighted by Crippen LogP contribution is 2.30. The molecule has 0 bridgehead atoms. The molecule has 0 aromatic heterocycles. The number of benzene rings is 2. The van der Waals surface area contributed by atoms with Crippen LogP contribution in [0.4, 0.5) is 5.69 Å². The molecule has 27 heavy (non-hydrogen) atoms. The number of carboxylic acids is 1. The van der Waals surface area contributed by atoms with Crippen molar-refractivity contribution in [3.63, 3.8) is 0 Å². The normalized spacial score (nSPS) is 15.2. The van der Waals surface area contributed by atoms with E-state index in [1.54, 1.807) is 37.3 Å². The first-order valence-corrected chi connectivity index (χ1v) is 8.31. The second-order valence-electron chi connectivity index (χ2n) is 5.88. The van der Waals surface area contributed by atoms with Gasteiger partial charge in [0.25, 0.3) is 5.91 Å². The number of anilines is 1. The summed E-state index contributed by atoms with van der Waals surface area (Å²) in [4.78, 5) is 23.9. The van der Waals surface area contributed by atoms with Crippen LogP contribution >= 0.6 is 0 Å². The van der Waals surface area contributed by atoms with Gasteiger partial charge in [-0.15, -0.1) is 0 Å². The summed E-state index contributed by atoms with van der Waals surface area (Å²) >= 11 is 0. The zero-order valence-electron chi connectivity index (χ0n) is 14.8. The number of hydrogen-bond acceptors (Lipinski definition) is 5. The van der Waals surface area contributed by atoms with E-state index in [0.29, 0.717) is 34.9 Å². The van der Waals surface area contributed by atoms with E-state index in [1.807, 2.05) is 6.92 Å². The maximum Gasteiger partial charge on any atom is 0.335 e. The summed E-state index contributed by atoms with van der Waals surface area (Å²) in [5.41, 5.74) is 2.01. The summed E-state index contributed by atoms with van der Waals surface area (Å²) in [7, 11) is 0. The van der Waals surface area contributed by atoms with Gasteiger partial charge in [0, 0.05) is 0 Å². The molecule has 0 spiro atoms. The Balaban J connectivity index is 1.94. The third-order valence-electron chi connectivity index (χ3n) is 3.99. The number of hydrazone groups is 1. The van der Waals surface area contributed by atoms with Crippen LogP contribution in [0.1, 0.15) is 29.8 Å². The van der Waals surface area contributed by atoms with Crippen LogP contribution in [-0.2, 0) is 4.79 Å². The van der Waals surface area contributed by atoms with Gasteiger partial charge in [0.2, 0.25) is 0 Å². The number of aromatic hydroxyl groups is 1. The van der Waals surface area contributed by atoms with Crippen molar-refractivity contribution >= 4 is 29.4 Å². The van der Waals surface area contributed by atoms with E-state index in [4.69, 9.17) is 9.84 Å². The van der Waals surface area contributed by atoms with Crippen LogP contribution in [0.2, 0.25) is 0 Å². The lowest BCUT2D eigenvalue weighted by molar-refractivity contribution is -0.114. The number of hydrogen-bond donors (Lipinski definition) is 2. The van der Waals surface area contributed by atoms with Gasteiger partial charge in [-0.05, 0) is 55.8 Å². The van der Waals surface area contributed by atoms with Crippen molar-refractivity contribution < 1.29 is 24.5 Å². The number of aromatic carboxylic acids is 1. The molecule has 0 unspecified atom stereocenters. The summed E-state index contributed by atoms with van der Waals surface area (Å²) in [5.74, 6) is -1.08. The van der Waals surface area contributed by atoms with Gasteiger partial charge in [-0.3, -0.25) is 4.79 Å². The number of nitrogens with zero attached hydrogens (tertiary/aromatic N) is 2. The van der Waals surface area contributed by atoms with Crippen molar-refractivity contribution in [1.82, 2.24) is 0 Å². The Kier molecular flexibility index (Phi) is 4.94. The fourth-order valence-corrected chi connectivity index (χ4v) is 2.69. The molecule has 1 aliphatic rings. The van der Waals surface area contributed by atoms with Crippen LogP contribution in [0.5, 0.6) is 11.5 Å². The Hall–Kier alpha value is -3.61. The highest BCUT2D eigenvalue weighted by Gasteiger charge is 2.29. The Morgan fingerprint density at radius 2 is 2.04 bits per heavy atom. The molecule has 7 heteroatoms. The Labute approximate surface area is 155 Å². The number of phenols is 1. The topological polar surface area (TPSA) is 99.4 Å². The summed E-state index contributed by atoms with van der Waals surface area (Å²) < 4.78 is 5.36. The van der Waals surface area contributed by atoms with Crippen molar-refractivity contribution in [2.45, 2.75) is 13.8 Å². The number of phenolic OH excluding ortho intramolecular Hbond substituents is 1. The third-order valence-corrected chi connectivity index (χ3v) is 3.99. The van der Waals surface area contributed by atoms with Crippen LogP contribution in [0.3, 0.4) is 0 Å². The molecule has 2 aromatic rings. The maximum absolute atomic E-state index is 12.8. The molecule has 1 aliphatic heterocycles. The first-order chi connectivity index (χ1) is 12.9. The lowest BCUT2D eigenvalue weighted by atomic mass is 10.1. The molecular weight excluding hydrogens is 348 g/mol. The monoisotopic (exact) mass is 366 g/mol. The average molecular weight is 366 g/mol. The molecule has 0 radical (unpaired) electrons. The molecule has 3 rings (SSSR count). The molecule has 0 fully saturated rings. The molecule has 138 valence electrons. The number of ether oxygens (including phenoxy) is 1. The van der Waals surface area contributed by atoms with E-state index in [9.17, 15) is 14.7 Å². The third kappa shape index (κ3) is 3.67. The predicted octanol–water partition coefficient (Wildman–Crippen LogP) is 3.30. The second-order valence-corrected chi connectivity index (χ2v) is 5.88. The second kappa shape index (κ2) is 7.33. The SMILES string of the molecule is CCOc1cc(/C=C2\C(=O)N(c3cccc(C(=O)O)c3)N=C2C)ccc1O. The smallest absolute Gasteiger partial charge is 0.335 e. The highest BCUT2D eigenvalue weighted by molar-refractivity contribution is 6.32. The minimum Gasteiger partial charge on any atom is -0.504 e. The van der Waals surface area contributed by atoms with Crippen LogP contribution in [0.25, 0.3) is 6.08 Å². The van der Waals surface area contributed by atoms with Crippen molar-refractivity contribution in [3.05, 3.63) is 59.2 Å². The summed E-state index contributed by atoms with van der Waals surface area (Å²) in [6, 6.07) is 10.8. The first kappa shape index (κ1) is 18.2. The number of rotatable bonds is 5. The molecule has 0 atom stereocenters. The molecule has 2 aromatic carbocycles. The van der Waals surface area contributed by atoms with Crippen molar-refractivity contribution in [2.24, 2.45) is 5.10 Å². The number of carbonyl (C=O) groups excluding carboxylic acids is 1. The van der Waals surface area contributed by atoms with Gasteiger partial charge in [0.15, 0.2) is 11.5 Å². The van der Waals surface area contributed by atoms with E-state index in [1.165, 1.54) is 23.2 Å². The summed E-state index contributed by atoms with van der Waals surface area (Å²) in [5, 5.41) is 24.4. The number of carboxylic acid groups (broad SMARTS) is 1. The van der Waals surface area contributed by atoms with Crippen LogP contribution in [0.15, 0.2) is 53.1 Å². The first-order valence-electron chi connectivity index (χ1n) is 8.31. The fraction of sp³-hybridized carbons (Fsp3) is 0.150. The lowest BCUT2D eigenvalue weighted by Gasteiger charge is -2.12. The predicted molar refractivity (Wildman–Crippen MR) is 101 cm³/mol. The zero-order chi connectivity index (χ0) is 19.6. The largest absolute Gasteiger partial charge is 0.504 e. The zero-order valence-corrected chi connectivity index (χ0v) is 14.8. The highest BCUT2D eigenvalue weighted by atomic mass is 16.5. The average Bonchev–Trinajstić information content (AvgIpc) is 2.93. The van der Waals surface area contributed by atoms with E-state index in [0.717, 1.165) is 0 Å². The Morgan fingerprint density at radius 3 is 2.74 bits per heavy atom. The molecule has 0 saturated carbocycles. The number of carbonyl (C=O) groups is 2. The van der Waals surface area contributed by atoms with Gasteiger partial charge in [-0.2, -0.15) is 10.1 Å². The van der Waals surface area contributed by atoms with Gasteiger partial charge in [0.05, 0.1) is 29.1 Å². The lowest BCUT2D eigenvalue weighted by Crippen LogP contribution is -2.21. The van der Waals surface area contributed by atoms with Crippen LogP contribution in [0, 0.1) is 0 Å². The number of amides is 1. The van der Waals surface area contributed by atoms with E-state index in [-0.39, 0.29) is 17.2 Å². The molecule has 1 amide bonds. The quantitative estimate of drug-likeness (QED) is 0.791. The minimum absolute atomic E-state index is 0.0225. The molecule has 0 saturated heterocycles. The van der Waals surface area contributed by atoms with Gasteiger partial charge >= 0.3 is 5.97 Å². The molecule has 2 N–H and O–H groups in total. The van der Waals surface area contributed by atoms with E-state index < -0.39 is 5.97 Å². The molecule has 7 nitrogen and oxygen atoms in total. The van der Waals surface area contributed by atoms with Gasteiger partial charge in [-0.1, -0.05) is 12.1 Å². The fourth-order valence-electron chi connectivity index (χ4n) is 2.69. The Bertz CT molecular complexity index is 978. The summed E-state index contributed by atoms with van der Waals surface area (Å²) in [6.45, 7) is 3.92. The van der Waals surface area contributed by atoms with Crippen LogP contribution < -0.4 is 9.75 Å². The van der Waals surface area contributed by atoms with E-state index in [2.05, 4.69) is 5.10 Å². The minimum atomic E-state index is -1.08.